The quantitative estimate of drug-likeness (QED) is 0.0500. The minimum atomic E-state index is -5.62. The van der Waals surface area contributed by atoms with Gasteiger partial charge in [-0.2, -0.15) is 4.31 Å². The summed E-state index contributed by atoms with van der Waals surface area (Å²) in [6.45, 7) is 8.57. The second-order valence-corrected chi connectivity index (χ2v) is 29.0. The maximum Gasteiger partial charge on any atom is 0.481 e. The van der Waals surface area contributed by atoms with Gasteiger partial charge in [0.2, 0.25) is 11.8 Å². The molecule has 2 aromatic heterocycles. The van der Waals surface area contributed by atoms with E-state index < -0.39 is 109 Å². The molecule has 0 radical (unpaired) electrons. The van der Waals surface area contributed by atoms with E-state index >= 15 is 0 Å². The average molecular weight is 1220 g/mol. The van der Waals surface area contributed by atoms with Crippen LogP contribution in [-0.4, -0.2) is 168 Å². The first-order valence-electron chi connectivity index (χ1n) is 27.0. The van der Waals surface area contributed by atoms with Crippen molar-refractivity contribution in [2.75, 3.05) is 37.8 Å². The summed E-state index contributed by atoms with van der Waals surface area (Å²) in [5.41, 5.74) is 3.82. The number of imidazole rings is 1. The number of aliphatic hydroxyl groups is 6. The average Bonchev–Trinajstić information content (AvgIpc) is 3.66. The number of hydrogen-bond acceptors (Lipinski definition) is 22. The van der Waals surface area contributed by atoms with Gasteiger partial charge in [0.1, 0.15) is 36.3 Å². The second-order valence-electron chi connectivity index (χ2n) is 23.7. The molecule has 3 heterocycles. The van der Waals surface area contributed by atoms with Gasteiger partial charge in [0.15, 0.2) is 22.8 Å². The van der Waals surface area contributed by atoms with Crippen molar-refractivity contribution >= 4 is 69.1 Å². The van der Waals surface area contributed by atoms with Gasteiger partial charge < -0.3 is 71.3 Å². The van der Waals surface area contributed by atoms with Crippen molar-refractivity contribution in [3.05, 3.63) is 12.7 Å². The Balaban J connectivity index is 0.780. The number of carbonyl (C=O) groups is 3. The molecule has 4 aliphatic carbocycles. The first kappa shape index (κ1) is 65.0. The first-order valence-corrected chi connectivity index (χ1v) is 32.5. The molecular weight excluding hydrogens is 1140 g/mol. The maximum atomic E-state index is 13.1. The van der Waals surface area contributed by atoms with E-state index in [4.69, 9.17) is 19.5 Å². The van der Waals surface area contributed by atoms with Gasteiger partial charge in [0, 0.05) is 30.7 Å². The number of hydrogen-bond donors (Lipinski definition) is 13. The van der Waals surface area contributed by atoms with Crippen LogP contribution in [0.3, 0.4) is 0 Å². The molecule has 0 bridgehead atoms. The van der Waals surface area contributed by atoms with E-state index in [0.29, 0.717) is 32.1 Å². The third kappa shape index (κ3) is 14.5. The number of phosphoric acid groups is 3. The summed E-state index contributed by atoms with van der Waals surface area (Å²) in [6, 6.07) is 0. The van der Waals surface area contributed by atoms with Crippen molar-refractivity contribution in [3.8, 4) is 0 Å². The number of phosphoric ester groups is 3. The highest BCUT2D eigenvalue weighted by Crippen LogP contribution is 2.69. The summed E-state index contributed by atoms with van der Waals surface area (Å²) in [5.74, 6) is -1.01. The number of fused-ring (bicyclic) bond motifs is 6. The van der Waals surface area contributed by atoms with E-state index in [1.54, 1.807) is 6.92 Å². The zero-order valence-electron chi connectivity index (χ0n) is 45.6. The summed E-state index contributed by atoms with van der Waals surface area (Å²) in [6.07, 6.45) is -2.81. The molecule has 1 saturated heterocycles. The van der Waals surface area contributed by atoms with Crippen LogP contribution in [0.5, 0.6) is 0 Å². The summed E-state index contributed by atoms with van der Waals surface area (Å²) >= 11 is 0.968. The largest absolute Gasteiger partial charge is 0.481 e. The van der Waals surface area contributed by atoms with Crippen LogP contribution < -0.4 is 16.4 Å². The van der Waals surface area contributed by atoms with Gasteiger partial charge in [-0.15, -0.1) is 0 Å². The normalized spacial score (nSPS) is 34.7. The van der Waals surface area contributed by atoms with Gasteiger partial charge in [-0.05, 0) is 104 Å². The summed E-state index contributed by atoms with van der Waals surface area (Å²) < 4.78 is 62.8. The first-order chi connectivity index (χ1) is 37.2. The number of anilines is 1. The number of ether oxygens (including phenoxy) is 1. The number of carbonyl (C=O) groups excluding carboxylic acids is 3. The third-order valence-corrected chi connectivity index (χ3v) is 22.3. The number of nitrogens with one attached hydrogen (secondary N) is 2. The molecule has 4 saturated carbocycles. The van der Waals surface area contributed by atoms with Crippen LogP contribution in [0.1, 0.15) is 112 Å². The number of rotatable bonds is 25. The number of nitrogen functional groups attached to an aromatic ring is 1. The molecule has 2 unspecified atom stereocenters. The van der Waals surface area contributed by atoms with Crippen molar-refractivity contribution in [1.82, 2.24) is 30.2 Å². The molecule has 14 N–H and O–H groups in total. The topological polar surface area (TPSA) is 445 Å². The van der Waals surface area contributed by atoms with Crippen LogP contribution >= 0.6 is 35.2 Å². The van der Waals surface area contributed by atoms with Crippen molar-refractivity contribution in [1.29, 1.82) is 0 Å². The van der Waals surface area contributed by atoms with E-state index in [9.17, 15) is 78.3 Å². The Morgan fingerprint density at radius 1 is 0.925 bits per heavy atom. The van der Waals surface area contributed by atoms with Gasteiger partial charge in [-0.1, -0.05) is 53.3 Å². The van der Waals surface area contributed by atoms with Crippen LogP contribution in [0.15, 0.2) is 12.7 Å². The van der Waals surface area contributed by atoms with Crippen molar-refractivity contribution in [2.45, 2.75) is 161 Å². The molecule has 2 aromatic rings. The fourth-order valence-electron chi connectivity index (χ4n) is 13.6. The second kappa shape index (κ2) is 25.5. The van der Waals surface area contributed by atoms with Crippen molar-refractivity contribution in [3.63, 3.8) is 0 Å². The van der Waals surface area contributed by atoms with E-state index in [0.717, 1.165) is 54.7 Å². The van der Waals surface area contributed by atoms with Crippen LogP contribution in [0.25, 0.3) is 11.2 Å². The van der Waals surface area contributed by atoms with Gasteiger partial charge >= 0.3 is 23.5 Å². The lowest BCUT2D eigenvalue weighted by atomic mass is 9.43. The van der Waals surface area contributed by atoms with E-state index in [2.05, 4.69) is 55.2 Å². The predicted molar refractivity (Wildman–Crippen MR) is 285 cm³/mol. The van der Waals surface area contributed by atoms with Crippen LogP contribution in [-0.2, 0) is 50.7 Å². The Kier molecular flexibility index (Phi) is 20.7. The molecule has 0 spiro atoms. The molecule has 80 heavy (non-hydrogen) atoms. The lowest BCUT2D eigenvalue weighted by Gasteiger charge is -2.63. The zero-order chi connectivity index (χ0) is 59.1. The Morgan fingerprint density at radius 2 is 1.62 bits per heavy atom. The molecule has 2 amide bonds. The van der Waals surface area contributed by atoms with E-state index in [1.165, 1.54) is 13.8 Å². The fraction of sp³-hybridized carbons (Fsp3) is 0.833. The monoisotopic (exact) mass is 1220 g/mol. The van der Waals surface area contributed by atoms with Crippen molar-refractivity contribution in [2.24, 2.45) is 57.7 Å². The Bertz CT molecular complexity index is 2670. The number of nitrogens with zero attached hydrogens (tertiary/aromatic N) is 4. The summed E-state index contributed by atoms with van der Waals surface area (Å²) in [7, 11) is -16.5. The molecule has 28 nitrogen and oxygen atoms in total. The molecule has 32 heteroatoms. The Morgan fingerprint density at radius 3 is 2.33 bits per heavy atom. The van der Waals surface area contributed by atoms with Gasteiger partial charge in [-0.3, -0.25) is 32.5 Å². The molecule has 5 fully saturated rings. The number of aromatic nitrogens is 4. The minimum Gasteiger partial charge on any atom is -0.393 e. The van der Waals surface area contributed by atoms with Gasteiger partial charge in [0.25, 0.3) is 0 Å². The van der Waals surface area contributed by atoms with Gasteiger partial charge in [0.05, 0.1) is 49.9 Å². The lowest BCUT2D eigenvalue weighted by Crippen LogP contribution is -2.62. The predicted octanol–water partition coefficient (Wildman–Crippen LogP) is 2.04. The number of amides is 2. The molecular formula is C48H80N7O21P3S. The lowest BCUT2D eigenvalue weighted by molar-refractivity contribution is -0.207. The number of thioether (sulfide) groups is 1. The van der Waals surface area contributed by atoms with Gasteiger partial charge in [-0.25, -0.2) is 28.6 Å². The van der Waals surface area contributed by atoms with Crippen LogP contribution in [0.4, 0.5) is 5.82 Å². The number of nitrogens with two attached hydrogens (primary N) is 1. The zero-order valence-corrected chi connectivity index (χ0v) is 49.1. The molecule has 1 aliphatic heterocycles. The molecule has 454 valence electrons. The Hall–Kier alpha value is -2.60. The van der Waals surface area contributed by atoms with E-state index in [-0.39, 0.29) is 99.8 Å². The molecule has 7 rings (SSSR count). The Labute approximate surface area is 467 Å². The highest BCUT2D eigenvalue weighted by Gasteiger charge is 2.66. The van der Waals surface area contributed by atoms with Crippen LogP contribution in [0, 0.1) is 57.7 Å². The third-order valence-electron chi connectivity index (χ3n) is 18.1. The highest BCUT2D eigenvalue weighted by molar-refractivity contribution is 8.13. The van der Waals surface area contributed by atoms with E-state index in [1.807, 2.05) is 0 Å². The molecule has 20 atom stereocenters. The summed E-state index contributed by atoms with van der Waals surface area (Å²) in [4.78, 5) is 89.9. The fourth-order valence-corrected chi connectivity index (χ4v) is 17.2. The SMILES string of the molecule is C[C@H](CC[C@@H](O)[C@H](C)C(=O)SCCNC(=O)CCNC(=O)[C@H](O)C(C)(C)COP(=O)(O)OP(=O)(O)OC[C@H]1O[C@@H](n2cnc3c(N)ncnc32)[C@H](O)[C@@H]1OP(=O)(O)O)[C@H]1CC[C@H]2[C@@H]3[C@H](O)C[C@@H]4C[C@H](O)CC[C@]4(C)[C@H]3C[C@H](O)[C@]12C. The standard InChI is InChI=1S/C48H80N7O21P3S/c1-24(28-8-9-29-36-30(19-34(59)48(28,29)6)47(5)13-11-27(56)17-26(47)18-32(36)58)7-10-31(57)25(2)45(64)80-16-15-50-35(60)12-14-51-43(63)40(62)46(3,4)21-73-79(70,71)76-78(68,69)72-20-33-39(75-77(65,66)67)38(61)44(74-33)55-23-54-37-41(49)52-22-53-42(37)55/h22-34,36,38-40,44,56-59,61-62H,7-21H2,1-6H3,(H,50,60)(H,51,63)(H,68,69)(H,70,71)(H2,49,52,53)(H2,65,66,67)/t24-,25+,26+,27-,28-,29+,30+,31-,32-,33-,34+,36+,38-,39-,40+,44-,47+,48-/m1/s1. The molecule has 0 aromatic carbocycles. The highest BCUT2D eigenvalue weighted by atomic mass is 32.2. The van der Waals surface area contributed by atoms with Crippen molar-refractivity contribution < 1.29 is 101 Å². The summed E-state index contributed by atoms with van der Waals surface area (Å²) in [5, 5.41) is 71.6. The number of aliphatic hydroxyl groups excluding tert-OH is 6. The maximum absolute atomic E-state index is 13.1. The molecule has 5 aliphatic rings. The minimum absolute atomic E-state index is 0.0198. The smallest absolute Gasteiger partial charge is 0.393 e. The van der Waals surface area contributed by atoms with Crippen LogP contribution in [0.2, 0.25) is 0 Å².